The zero-order chi connectivity index (χ0) is 13.1. The summed E-state index contributed by atoms with van der Waals surface area (Å²) in [5, 5.41) is 5.11. The van der Waals surface area contributed by atoms with E-state index < -0.39 is 27.8 Å². The van der Waals surface area contributed by atoms with E-state index in [-0.39, 0.29) is 23.8 Å². The Kier molecular flexibility index (Phi) is 4.28. The Labute approximate surface area is 100 Å². The third kappa shape index (κ3) is 3.85. The summed E-state index contributed by atoms with van der Waals surface area (Å²) < 4.78 is 22.9. The van der Waals surface area contributed by atoms with Gasteiger partial charge in [0.25, 0.3) is 0 Å². The molecule has 7 heteroatoms. The predicted octanol–water partition coefficient (Wildman–Crippen LogP) is -1.02. The minimum Gasteiger partial charge on any atom is -0.350 e. The Morgan fingerprint density at radius 2 is 1.82 bits per heavy atom. The standard InChI is InChI=1S/C10H16N2O4S/c1-3-9(13)11-7-5-17(15,16)6-8(7)12-10(14)4-2/h3,7-8H,1,4-6H2,2H3,(H,11,13)(H,12,14). The molecular weight excluding hydrogens is 244 g/mol. The van der Waals surface area contributed by atoms with Gasteiger partial charge in [0.15, 0.2) is 9.84 Å². The van der Waals surface area contributed by atoms with E-state index in [1.165, 1.54) is 0 Å². The summed E-state index contributed by atoms with van der Waals surface area (Å²) in [4.78, 5) is 22.4. The van der Waals surface area contributed by atoms with Crippen molar-refractivity contribution in [2.75, 3.05) is 11.5 Å². The van der Waals surface area contributed by atoms with Gasteiger partial charge in [-0.3, -0.25) is 9.59 Å². The van der Waals surface area contributed by atoms with Crippen LogP contribution in [0.3, 0.4) is 0 Å². The van der Waals surface area contributed by atoms with Crippen LogP contribution in [-0.4, -0.2) is 43.8 Å². The molecule has 2 N–H and O–H groups in total. The highest BCUT2D eigenvalue weighted by Crippen LogP contribution is 2.13. The molecule has 96 valence electrons. The number of hydrogen-bond acceptors (Lipinski definition) is 4. The van der Waals surface area contributed by atoms with Crippen LogP contribution in [-0.2, 0) is 19.4 Å². The Balaban J connectivity index is 2.74. The fourth-order valence-corrected chi connectivity index (χ4v) is 3.54. The van der Waals surface area contributed by atoms with Crippen molar-refractivity contribution >= 4 is 21.7 Å². The molecule has 2 amide bonds. The maximum Gasteiger partial charge on any atom is 0.243 e. The van der Waals surface area contributed by atoms with Crippen LogP contribution in [0.15, 0.2) is 12.7 Å². The molecule has 0 aromatic carbocycles. The molecule has 17 heavy (non-hydrogen) atoms. The average Bonchev–Trinajstić information content (AvgIpc) is 2.52. The van der Waals surface area contributed by atoms with Gasteiger partial charge in [-0.1, -0.05) is 13.5 Å². The molecule has 0 aliphatic carbocycles. The van der Waals surface area contributed by atoms with Gasteiger partial charge in [-0.15, -0.1) is 0 Å². The number of rotatable bonds is 4. The van der Waals surface area contributed by atoms with Gasteiger partial charge >= 0.3 is 0 Å². The molecule has 2 unspecified atom stereocenters. The van der Waals surface area contributed by atoms with Crippen molar-refractivity contribution < 1.29 is 18.0 Å². The van der Waals surface area contributed by atoms with Gasteiger partial charge in [-0.25, -0.2) is 8.42 Å². The van der Waals surface area contributed by atoms with Gasteiger partial charge in [-0.2, -0.15) is 0 Å². The molecule has 0 spiro atoms. The van der Waals surface area contributed by atoms with Crippen LogP contribution in [0.5, 0.6) is 0 Å². The normalized spacial score (nSPS) is 26.2. The number of nitrogens with one attached hydrogen (secondary N) is 2. The van der Waals surface area contributed by atoms with Gasteiger partial charge in [0.1, 0.15) is 0 Å². The first-order valence-corrected chi connectivity index (χ1v) is 7.13. The Bertz CT molecular complexity index is 430. The van der Waals surface area contributed by atoms with Gasteiger partial charge < -0.3 is 10.6 Å². The zero-order valence-corrected chi connectivity index (χ0v) is 10.4. The van der Waals surface area contributed by atoms with Crippen LogP contribution in [0.25, 0.3) is 0 Å². The minimum atomic E-state index is -3.22. The van der Waals surface area contributed by atoms with Crippen molar-refractivity contribution in [1.82, 2.24) is 10.6 Å². The summed E-state index contributed by atoms with van der Waals surface area (Å²) in [7, 11) is -3.22. The zero-order valence-electron chi connectivity index (χ0n) is 9.60. The molecule has 0 radical (unpaired) electrons. The second-order valence-electron chi connectivity index (χ2n) is 3.92. The Hall–Kier alpha value is -1.37. The predicted molar refractivity (Wildman–Crippen MR) is 63.0 cm³/mol. The van der Waals surface area contributed by atoms with E-state index in [1.807, 2.05) is 0 Å². The highest BCUT2D eigenvalue weighted by Gasteiger charge is 2.38. The highest BCUT2D eigenvalue weighted by molar-refractivity contribution is 7.91. The van der Waals surface area contributed by atoms with E-state index >= 15 is 0 Å². The molecule has 0 aromatic rings. The van der Waals surface area contributed by atoms with Crippen LogP contribution in [0.4, 0.5) is 0 Å². The van der Waals surface area contributed by atoms with E-state index in [9.17, 15) is 18.0 Å². The molecule has 1 rings (SSSR count). The molecule has 1 aliphatic rings. The second-order valence-corrected chi connectivity index (χ2v) is 6.08. The highest BCUT2D eigenvalue weighted by atomic mass is 32.2. The molecule has 0 bridgehead atoms. The first-order chi connectivity index (χ1) is 7.88. The summed E-state index contributed by atoms with van der Waals surface area (Å²) in [6.07, 6.45) is 1.35. The maximum absolute atomic E-state index is 11.5. The summed E-state index contributed by atoms with van der Waals surface area (Å²) in [6.45, 7) is 4.97. The van der Waals surface area contributed by atoms with E-state index in [4.69, 9.17) is 0 Å². The quantitative estimate of drug-likeness (QED) is 0.633. The van der Waals surface area contributed by atoms with Crippen molar-refractivity contribution in [3.05, 3.63) is 12.7 Å². The third-order valence-corrected chi connectivity index (χ3v) is 4.27. The van der Waals surface area contributed by atoms with Crippen molar-refractivity contribution in [2.24, 2.45) is 0 Å². The summed E-state index contributed by atoms with van der Waals surface area (Å²) in [6, 6.07) is -1.14. The van der Waals surface area contributed by atoms with Crippen molar-refractivity contribution in [3.8, 4) is 0 Å². The molecule has 1 aliphatic heterocycles. The van der Waals surface area contributed by atoms with Crippen LogP contribution in [0.2, 0.25) is 0 Å². The van der Waals surface area contributed by atoms with Gasteiger partial charge in [0, 0.05) is 6.42 Å². The molecule has 0 aromatic heterocycles. The lowest BCUT2D eigenvalue weighted by Crippen LogP contribution is -2.50. The maximum atomic E-state index is 11.5. The second kappa shape index (κ2) is 5.31. The molecular formula is C10H16N2O4S. The molecule has 6 nitrogen and oxygen atoms in total. The van der Waals surface area contributed by atoms with E-state index in [1.54, 1.807) is 6.92 Å². The average molecular weight is 260 g/mol. The van der Waals surface area contributed by atoms with Crippen LogP contribution < -0.4 is 10.6 Å². The Morgan fingerprint density at radius 1 is 1.29 bits per heavy atom. The van der Waals surface area contributed by atoms with Gasteiger partial charge in [0.05, 0.1) is 23.6 Å². The minimum absolute atomic E-state index is 0.138. The van der Waals surface area contributed by atoms with Gasteiger partial charge in [-0.05, 0) is 6.08 Å². The summed E-state index contributed by atoms with van der Waals surface area (Å²) in [5.74, 6) is -0.963. The first-order valence-electron chi connectivity index (χ1n) is 5.30. The van der Waals surface area contributed by atoms with E-state index in [0.29, 0.717) is 0 Å². The lowest BCUT2D eigenvalue weighted by Gasteiger charge is -2.19. The fourth-order valence-electron chi connectivity index (χ4n) is 1.68. The smallest absolute Gasteiger partial charge is 0.243 e. The largest absolute Gasteiger partial charge is 0.350 e. The number of sulfone groups is 1. The lowest BCUT2D eigenvalue weighted by molar-refractivity contribution is -0.122. The monoisotopic (exact) mass is 260 g/mol. The topological polar surface area (TPSA) is 92.3 Å². The number of carbonyl (C=O) groups is 2. The molecule has 1 heterocycles. The van der Waals surface area contributed by atoms with Gasteiger partial charge in [0.2, 0.25) is 11.8 Å². The Morgan fingerprint density at radius 3 is 2.29 bits per heavy atom. The van der Waals surface area contributed by atoms with Crippen LogP contribution in [0.1, 0.15) is 13.3 Å². The summed E-state index contributed by atoms with van der Waals surface area (Å²) >= 11 is 0. The van der Waals surface area contributed by atoms with Crippen LogP contribution >= 0.6 is 0 Å². The van der Waals surface area contributed by atoms with Crippen LogP contribution in [0, 0.1) is 0 Å². The fraction of sp³-hybridized carbons (Fsp3) is 0.600. The summed E-state index contributed by atoms with van der Waals surface area (Å²) in [5.41, 5.74) is 0. The first kappa shape index (κ1) is 13.7. The molecule has 1 fully saturated rings. The third-order valence-electron chi connectivity index (χ3n) is 2.53. The van der Waals surface area contributed by atoms with E-state index in [2.05, 4.69) is 17.2 Å². The molecule has 1 saturated heterocycles. The lowest BCUT2D eigenvalue weighted by atomic mass is 10.1. The van der Waals surface area contributed by atoms with Crippen molar-refractivity contribution in [1.29, 1.82) is 0 Å². The van der Waals surface area contributed by atoms with E-state index in [0.717, 1.165) is 6.08 Å². The molecule has 2 atom stereocenters. The van der Waals surface area contributed by atoms with Crippen molar-refractivity contribution in [3.63, 3.8) is 0 Å². The van der Waals surface area contributed by atoms with Crippen molar-refractivity contribution in [2.45, 2.75) is 25.4 Å². The number of carbonyl (C=O) groups excluding carboxylic acids is 2. The molecule has 0 saturated carbocycles. The number of amides is 2. The SMILES string of the molecule is C=CC(=O)NC1CS(=O)(=O)CC1NC(=O)CC. The number of hydrogen-bond donors (Lipinski definition) is 2.